The predicted molar refractivity (Wildman–Crippen MR) is 63.5 cm³/mol. The molecular formula is C13H24N2. The number of nitriles is 1. The highest BCUT2D eigenvalue weighted by Crippen LogP contribution is 2.21. The van der Waals surface area contributed by atoms with Crippen LogP contribution < -0.4 is 0 Å². The Morgan fingerprint density at radius 2 is 2.20 bits per heavy atom. The molecular weight excluding hydrogens is 184 g/mol. The number of likely N-dealkylation sites (tertiary alicyclic amines) is 1. The van der Waals surface area contributed by atoms with E-state index in [2.05, 4.69) is 17.9 Å². The predicted octanol–water partition coefficient (Wildman–Crippen LogP) is 3.19. The molecule has 0 radical (unpaired) electrons. The first-order valence-corrected chi connectivity index (χ1v) is 6.46. The summed E-state index contributed by atoms with van der Waals surface area (Å²) in [6.45, 7) is 5.93. The summed E-state index contributed by atoms with van der Waals surface area (Å²) in [6, 6.07) is 2.23. The van der Waals surface area contributed by atoms with Crippen LogP contribution in [0.5, 0.6) is 0 Å². The minimum Gasteiger partial charge on any atom is -0.303 e. The molecule has 0 bridgehead atoms. The Kier molecular flexibility index (Phi) is 6.43. The third kappa shape index (κ3) is 5.18. The van der Waals surface area contributed by atoms with E-state index in [1.54, 1.807) is 0 Å². The first-order chi connectivity index (χ1) is 7.36. The first-order valence-electron chi connectivity index (χ1n) is 6.46. The van der Waals surface area contributed by atoms with Crippen LogP contribution in [0, 0.1) is 17.2 Å². The van der Waals surface area contributed by atoms with Crippen LogP contribution in [0.1, 0.15) is 51.9 Å². The van der Waals surface area contributed by atoms with Gasteiger partial charge in [0, 0.05) is 6.42 Å². The maximum Gasteiger partial charge on any atom is 0.0622 e. The third-order valence-corrected chi connectivity index (χ3v) is 3.40. The van der Waals surface area contributed by atoms with Crippen molar-refractivity contribution in [2.24, 2.45) is 5.92 Å². The van der Waals surface area contributed by atoms with E-state index in [-0.39, 0.29) is 0 Å². The summed E-state index contributed by atoms with van der Waals surface area (Å²) < 4.78 is 0. The van der Waals surface area contributed by atoms with E-state index in [4.69, 9.17) is 5.26 Å². The van der Waals surface area contributed by atoms with Gasteiger partial charge < -0.3 is 4.90 Å². The highest BCUT2D eigenvalue weighted by atomic mass is 15.1. The van der Waals surface area contributed by atoms with E-state index in [1.807, 2.05) is 0 Å². The molecule has 0 aromatic rings. The summed E-state index contributed by atoms with van der Waals surface area (Å²) >= 11 is 0. The van der Waals surface area contributed by atoms with Crippen LogP contribution in [0.25, 0.3) is 0 Å². The number of hydrogen-bond donors (Lipinski definition) is 0. The van der Waals surface area contributed by atoms with Gasteiger partial charge in [-0.1, -0.05) is 19.8 Å². The van der Waals surface area contributed by atoms with Crippen LogP contribution in [0.15, 0.2) is 0 Å². The zero-order chi connectivity index (χ0) is 10.9. The largest absolute Gasteiger partial charge is 0.303 e. The molecule has 15 heavy (non-hydrogen) atoms. The molecule has 0 aromatic carbocycles. The van der Waals surface area contributed by atoms with E-state index in [9.17, 15) is 0 Å². The quantitative estimate of drug-likeness (QED) is 0.649. The monoisotopic (exact) mass is 208 g/mol. The molecule has 0 N–H and O–H groups in total. The van der Waals surface area contributed by atoms with Gasteiger partial charge in [0.15, 0.2) is 0 Å². The second-order valence-electron chi connectivity index (χ2n) is 4.69. The summed E-state index contributed by atoms with van der Waals surface area (Å²) in [5.41, 5.74) is 0. The summed E-state index contributed by atoms with van der Waals surface area (Å²) in [4.78, 5) is 2.55. The van der Waals surface area contributed by atoms with Crippen molar-refractivity contribution in [3.05, 3.63) is 0 Å². The minimum atomic E-state index is 0.717. The van der Waals surface area contributed by atoms with Crippen LogP contribution in [-0.2, 0) is 0 Å². The molecule has 0 spiro atoms. The Morgan fingerprint density at radius 3 is 2.93 bits per heavy atom. The van der Waals surface area contributed by atoms with E-state index < -0.39 is 0 Å². The van der Waals surface area contributed by atoms with Gasteiger partial charge >= 0.3 is 0 Å². The number of rotatable bonds is 5. The van der Waals surface area contributed by atoms with Gasteiger partial charge in [0.1, 0.15) is 0 Å². The van der Waals surface area contributed by atoms with Gasteiger partial charge in [0.25, 0.3) is 0 Å². The van der Waals surface area contributed by atoms with Crippen LogP contribution in [0.2, 0.25) is 0 Å². The van der Waals surface area contributed by atoms with Gasteiger partial charge in [-0.2, -0.15) is 5.26 Å². The SMILES string of the molecule is CCCC1CCCN(CCCC#N)CC1. The highest BCUT2D eigenvalue weighted by molar-refractivity contribution is 4.73. The summed E-state index contributed by atoms with van der Waals surface area (Å²) in [5, 5.41) is 8.49. The van der Waals surface area contributed by atoms with Crippen LogP contribution >= 0.6 is 0 Å². The van der Waals surface area contributed by atoms with Crippen LogP contribution in [0.4, 0.5) is 0 Å². The summed E-state index contributed by atoms with van der Waals surface area (Å²) in [6.07, 6.45) is 8.66. The van der Waals surface area contributed by atoms with Crippen molar-refractivity contribution < 1.29 is 0 Å². The van der Waals surface area contributed by atoms with E-state index in [0.717, 1.165) is 25.3 Å². The van der Waals surface area contributed by atoms with Gasteiger partial charge in [-0.3, -0.25) is 0 Å². The molecule has 1 heterocycles. The molecule has 1 fully saturated rings. The summed E-state index contributed by atoms with van der Waals surface area (Å²) in [5.74, 6) is 0.968. The lowest BCUT2D eigenvalue weighted by atomic mass is 9.96. The van der Waals surface area contributed by atoms with Gasteiger partial charge in [0.2, 0.25) is 0 Å². The van der Waals surface area contributed by atoms with Crippen molar-refractivity contribution in [3.8, 4) is 6.07 Å². The molecule has 1 rings (SSSR count). The van der Waals surface area contributed by atoms with Crippen molar-refractivity contribution in [2.45, 2.75) is 51.9 Å². The lowest BCUT2D eigenvalue weighted by molar-refractivity contribution is 0.277. The van der Waals surface area contributed by atoms with Crippen molar-refractivity contribution in [1.82, 2.24) is 4.90 Å². The van der Waals surface area contributed by atoms with Gasteiger partial charge in [0.05, 0.1) is 6.07 Å². The third-order valence-electron chi connectivity index (χ3n) is 3.40. The minimum absolute atomic E-state index is 0.717. The van der Waals surface area contributed by atoms with Crippen molar-refractivity contribution in [1.29, 1.82) is 5.26 Å². The molecule has 1 aliphatic rings. The molecule has 1 aliphatic heterocycles. The topological polar surface area (TPSA) is 27.0 Å². The fourth-order valence-electron chi connectivity index (χ4n) is 2.53. The molecule has 1 saturated heterocycles. The first kappa shape index (κ1) is 12.5. The van der Waals surface area contributed by atoms with Gasteiger partial charge in [-0.15, -0.1) is 0 Å². The van der Waals surface area contributed by atoms with Crippen LogP contribution in [-0.4, -0.2) is 24.5 Å². The highest BCUT2D eigenvalue weighted by Gasteiger charge is 2.15. The van der Waals surface area contributed by atoms with Crippen molar-refractivity contribution in [2.75, 3.05) is 19.6 Å². The Morgan fingerprint density at radius 1 is 1.33 bits per heavy atom. The molecule has 2 nitrogen and oxygen atoms in total. The number of unbranched alkanes of at least 4 members (excludes halogenated alkanes) is 1. The van der Waals surface area contributed by atoms with Crippen molar-refractivity contribution in [3.63, 3.8) is 0 Å². The number of nitrogens with zero attached hydrogens (tertiary/aromatic N) is 2. The smallest absolute Gasteiger partial charge is 0.0622 e. The second kappa shape index (κ2) is 7.70. The average Bonchev–Trinajstić information content (AvgIpc) is 2.45. The fourth-order valence-corrected chi connectivity index (χ4v) is 2.53. The standard InChI is InChI=1S/C13H24N2/c1-2-6-13-7-5-11-15(12-8-13)10-4-3-9-14/h13H,2-8,10-12H2,1H3. The Labute approximate surface area is 94.3 Å². The Bertz CT molecular complexity index is 195. The Hall–Kier alpha value is -0.550. The Balaban J connectivity index is 2.18. The molecule has 0 saturated carbocycles. The maximum absolute atomic E-state index is 8.49. The molecule has 0 amide bonds. The van der Waals surface area contributed by atoms with E-state index in [1.165, 1.54) is 45.2 Å². The lowest BCUT2D eigenvalue weighted by Gasteiger charge is -2.19. The normalized spacial score (nSPS) is 23.3. The molecule has 1 unspecified atom stereocenters. The van der Waals surface area contributed by atoms with Crippen LogP contribution in [0.3, 0.4) is 0 Å². The summed E-state index contributed by atoms with van der Waals surface area (Å²) in [7, 11) is 0. The molecule has 2 heteroatoms. The fraction of sp³-hybridized carbons (Fsp3) is 0.923. The zero-order valence-electron chi connectivity index (χ0n) is 10.0. The molecule has 1 atom stereocenters. The molecule has 0 aromatic heterocycles. The lowest BCUT2D eigenvalue weighted by Crippen LogP contribution is -2.25. The zero-order valence-corrected chi connectivity index (χ0v) is 10.0. The van der Waals surface area contributed by atoms with E-state index in [0.29, 0.717) is 0 Å². The van der Waals surface area contributed by atoms with E-state index >= 15 is 0 Å². The average molecular weight is 208 g/mol. The van der Waals surface area contributed by atoms with Gasteiger partial charge in [-0.25, -0.2) is 0 Å². The van der Waals surface area contributed by atoms with Crippen molar-refractivity contribution >= 4 is 0 Å². The molecule has 0 aliphatic carbocycles. The second-order valence-corrected chi connectivity index (χ2v) is 4.69. The molecule has 86 valence electrons. The maximum atomic E-state index is 8.49. The number of hydrogen-bond acceptors (Lipinski definition) is 2. The van der Waals surface area contributed by atoms with Gasteiger partial charge in [-0.05, 0) is 51.2 Å².